The van der Waals surface area contributed by atoms with Gasteiger partial charge in [-0.3, -0.25) is 9.69 Å². The van der Waals surface area contributed by atoms with Gasteiger partial charge in [0.05, 0.1) is 0 Å². The molecule has 1 rings (SSSR count). The summed E-state index contributed by atoms with van der Waals surface area (Å²) in [7, 11) is 0. The van der Waals surface area contributed by atoms with E-state index < -0.39 is 6.23 Å². The van der Waals surface area contributed by atoms with Crippen molar-refractivity contribution in [2.24, 2.45) is 0 Å². The van der Waals surface area contributed by atoms with E-state index in [2.05, 4.69) is 0 Å². The third-order valence-corrected chi connectivity index (χ3v) is 1.64. The molecule has 1 saturated heterocycles. The molecule has 3 heteroatoms. The molecule has 0 spiro atoms. The van der Waals surface area contributed by atoms with Crippen LogP contribution in [-0.2, 0) is 4.79 Å². The molecule has 9 heavy (non-hydrogen) atoms. The molecule has 0 aromatic carbocycles. The van der Waals surface area contributed by atoms with E-state index in [1.54, 1.807) is 4.90 Å². The van der Waals surface area contributed by atoms with Crippen molar-refractivity contribution in [3.63, 3.8) is 0 Å². The Morgan fingerprint density at radius 3 is 2.44 bits per heavy atom. The van der Waals surface area contributed by atoms with Crippen molar-refractivity contribution < 1.29 is 9.90 Å². The average Bonchev–Trinajstić information content (AvgIpc) is 2.37. The SMILES string of the molecule is O=CC(O)N1CCCC1. The molecule has 0 amide bonds. The average molecular weight is 129 g/mol. The molecule has 0 radical (unpaired) electrons. The van der Waals surface area contributed by atoms with Crippen molar-refractivity contribution in [2.45, 2.75) is 19.1 Å². The summed E-state index contributed by atoms with van der Waals surface area (Å²) in [5, 5.41) is 8.92. The smallest absolute Gasteiger partial charge is 0.163 e. The van der Waals surface area contributed by atoms with Crippen molar-refractivity contribution in [2.75, 3.05) is 13.1 Å². The van der Waals surface area contributed by atoms with Crippen molar-refractivity contribution in [3.05, 3.63) is 0 Å². The van der Waals surface area contributed by atoms with E-state index in [0.29, 0.717) is 6.29 Å². The highest BCUT2D eigenvalue weighted by molar-refractivity contribution is 5.54. The molecule has 1 fully saturated rings. The summed E-state index contributed by atoms with van der Waals surface area (Å²) in [4.78, 5) is 11.8. The predicted octanol–water partition coefficient (Wildman–Crippen LogP) is -0.401. The molecule has 1 N–H and O–H groups in total. The lowest BCUT2D eigenvalue weighted by molar-refractivity contribution is -0.122. The lowest BCUT2D eigenvalue weighted by Gasteiger charge is -2.15. The zero-order chi connectivity index (χ0) is 6.69. The molecular weight excluding hydrogens is 118 g/mol. The Morgan fingerprint density at radius 2 is 2.00 bits per heavy atom. The molecular formula is C6H11NO2. The van der Waals surface area contributed by atoms with Gasteiger partial charge in [0, 0.05) is 13.1 Å². The fourth-order valence-corrected chi connectivity index (χ4v) is 1.09. The van der Waals surface area contributed by atoms with Crippen LogP contribution in [0, 0.1) is 0 Å². The number of carbonyl (C=O) groups excluding carboxylic acids is 1. The quantitative estimate of drug-likeness (QED) is 0.516. The molecule has 0 bridgehead atoms. The van der Waals surface area contributed by atoms with Gasteiger partial charge in [-0.1, -0.05) is 0 Å². The van der Waals surface area contributed by atoms with E-state index >= 15 is 0 Å². The lowest BCUT2D eigenvalue weighted by atomic mass is 10.4. The summed E-state index contributed by atoms with van der Waals surface area (Å²) in [5.74, 6) is 0. The molecule has 0 aromatic rings. The minimum atomic E-state index is -0.854. The molecule has 1 heterocycles. The summed E-state index contributed by atoms with van der Waals surface area (Å²) in [6.07, 6.45) is 1.92. The van der Waals surface area contributed by atoms with E-state index in [1.807, 2.05) is 0 Å². The molecule has 1 atom stereocenters. The second-order valence-electron chi connectivity index (χ2n) is 2.29. The summed E-state index contributed by atoms with van der Waals surface area (Å²) >= 11 is 0. The fourth-order valence-electron chi connectivity index (χ4n) is 1.09. The van der Waals surface area contributed by atoms with E-state index in [4.69, 9.17) is 5.11 Å². The van der Waals surface area contributed by atoms with Crippen LogP contribution in [-0.4, -0.2) is 35.6 Å². The van der Waals surface area contributed by atoms with E-state index in [9.17, 15) is 4.79 Å². The standard InChI is InChI=1S/C6H11NO2/c8-5-6(9)7-3-1-2-4-7/h5-6,9H,1-4H2. The van der Waals surface area contributed by atoms with Crippen molar-refractivity contribution >= 4 is 6.29 Å². The summed E-state index contributed by atoms with van der Waals surface area (Å²) < 4.78 is 0. The maximum atomic E-state index is 10.0. The minimum absolute atomic E-state index is 0.575. The number of hydrogen-bond acceptors (Lipinski definition) is 3. The third-order valence-electron chi connectivity index (χ3n) is 1.64. The Hall–Kier alpha value is -0.410. The van der Waals surface area contributed by atoms with E-state index in [0.717, 1.165) is 25.9 Å². The normalized spacial score (nSPS) is 24.1. The Kier molecular flexibility index (Phi) is 2.19. The van der Waals surface area contributed by atoms with Crippen LogP contribution in [0.1, 0.15) is 12.8 Å². The highest BCUT2D eigenvalue weighted by Gasteiger charge is 2.17. The van der Waals surface area contributed by atoms with Crippen molar-refractivity contribution in [3.8, 4) is 0 Å². The Morgan fingerprint density at radius 1 is 1.44 bits per heavy atom. The van der Waals surface area contributed by atoms with Crippen LogP contribution in [0.3, 0.4) is 0 Å². The van der Waals surface area contributed by atoms with Crippen LogP contribution in [0.4, 0.5) is 0 Å². The number of aliphatic hydroxyl groups is 1. The second-order valence-corrected chi connectivity index (χ2v) is 2.29. The van der Waals surface area contributed by atoms with Gasteiger partial charge in [-0.15, -0.1) is 0 Å². The number of nitrogens with zero attached hydrogens (tertiary/aromatic N) is 1. The Bertz CT molecular complexity index is 99.2. The number of aldehydes is 1. The highest BCUT2D eigenvalue weighted by atomic mass is 16.3. The number of carbonyl (C=O) groups is 1. The topological polar surface area (TPSA) is 40.5 Å². The lowest BCUT2D eigenvalue weighted by Crippen LogP contribution is -2.33. The predicted molar refractivity (Wildman–Crippen MR) is 32.9 cm³/mol. The van der Waals surface area contributed by atoms with Crippen molar-refractivity contribution in [1.82, 2.24) is 4.90 Å². The Labute approximate surface area is 54.3 Å². The monoisotopic (exact) mass is 129 g/mol. The summed E-state index contributed by atoms with van der Waals surface area (Å²) in [6.45, 7) is 1.72. The van der Waals surface area contributed by atoms with Gasteiger partial charge in [0.25, 0.3) is 0 Å². The Balaban J connectivity index is 2.32. The largest absolute Gasteiger partial charge is 0.371 e. The molecule has 1 aliphatic heterocycles. The molecule has 0 saturated carbocycles. The van der Waals surface area contributed by atoms with Crippen LogP contribution in [0.25, 0.3) is 0 Å². The van der Waals surface area contributed by atoms with Gasteiger partial charge in [-0.25, -0.2) is 0 Å². The molecule has 1 unspecified atom stereocenters. The van der Waals surface area contributed by atoms with Crippen LogP contribution >= 0.6 is 0 Å². The second kappa shape index (κ2) is 2.94. The van der Waals surface area contributed by atoms with Gasteiger partial charge in [0.15, 0.2) is 12.5 Å². The maximum absolute atomic E-state index is 10.0. The summed E-state index contributed by atoms with van der Waals surface area (Å²) in [5.41, 5.74) is 0. The first-order valence-corrected chi connectivity index (χ1v) is 3.22. The van der Waals surface area contributed by atoms with Gasteiger partial charge < -0.3 is 5.11 Å². The summed E-state index contributed by atoms with van der Waals surface area (Å²) in [6, 6.07) is 0. The molecule has 0 aromatic heterocycles. The van der Waals surface area contributed by atoms with Crippen LogP contribution in [0.2, 0.25) is 0 Å². The third kappa shape index (κ3) is 1.50. The van der Waals surface area contributed by atoms with E-state index in [-0.39, 0.29) is 0 Å². The minimum Gasteiger partial charge on any atom is -0.371 e. The van der Waals surface area contributed by atoms with Gasteiger partial charge in [0.1, 0.15) is 0 Å². The zero-order valence-electron chi connectivity index (χ0n) is 5.29. The van der Waals surface area contributed by atoms with Crippen LogP contribution < -0.4 is 0 Å². The van der Waals surface area contributed by atoms with Crippen LogP contribution in [0.15, 0.2) is 0 Å². The van der Waals surface area contributed by atoms with Gasteiger partial charge in [0.2, 0.25) is 0 Å². The zero-order valence-corrected chi connectivity index (χ0v) is 5.29. The van der Waals surface area contributed by atoms with E-state index in [1.165, 1.54) is 0 Å². The van der Waals surface area contributed by atoms with Crippen molar-refractivity contribution in [1.29, 1.82) is 0 Å². The number of rotatable bonds is 2. The molecule has 0 aliphatic carbocycles. The first-order chi connectivity index (χ1) is 4.34. The number of likely N-dealkylation sites (tertiary alicyclic amines) is 1. The molecule has 52 valence electrons. The molecule has 1 aliphatic rings. The maximum Gasteiger partial charge on any atom is 0.163 e. The van der Waals surface area contributed by atoms with Gasteiger partial charge >= 0.3 is 0 Å². The number of aliphatic hydroxyl groups excluding tert-OH is 1. The number of hydrogen-bond donors (Lipinski definition) is 1. The fraction of sp³-hybridized carbons (Fsp3) is 0.833. The first-order valence-electron chi connectivity index (χ1n) is 3.22. The first kappa shape index (κ1) is 6.71. The van der Waals surface area contributed by atoms with Crippen LogP contribution in [0.5, 0.6) is 0 Å². The molecule has 3 nitrogen and oxygen atoms in total. The highest BCUT2D eigenvalue weighted by Crippen LogP contribution is 2.08. The van der Waals surface area contributed by atoms with Gasteiger partial charge in [-0.05, 0) is 12.8 Å². The van der Waals surface area contributed by atoms with Gasteiger partial charge in [-0.2, -0.15) is 0 Å².